The van der Waals surface area contributed by atoms with E-state index in [-0.39, 0.29) is 39.7 Å². The highest BCUT2D eigenvalue weighted by Gasteiger charge is 2.43. The molecule has 0 bridgehead atoms. The van der Waals surface area contributed by atoms with Crippen molar-refractivity contribution >= 4 is 40.2 Å². The number of benzene rings is 8. The van der Waals surface area contributed by atoms with E-state index in [1.54, 1.807) is 0 Å². The van der Waals surface area contributed by atoms with Gasteiger partial charge in [-0.25, -0.2) is 0 Å². The topological polar surface area (TPSA) is 3.24 Å². The summed E-state index contributed by atoms with van der Waals surface area (Å²) in [6.07, 6.45) is 0.861. The maximum absolute atomic E-state index is 2.62. The van der Waals surface area contributed by atoms with Crippen LogP contribution in [-0.4, -0.2) is 6.71 Å². The van der Waals surface area contributed by atoms with Crippen LogP contribution >= 0.6 is 0 Å². The average Bonchev–Trinajstić information content (AvgIpc) is 3.48. The molecule has 2 heterocycles. The largest absolute Gasteiger partial charge is 0.311 e. The molecule has 1 unspecified atom stereocenters. The molecule has 2 aliphatic rings. The minimum atomic E-state index is -0.0456. The van der Waals surface area contributed by atoms with Gasteiger partial charge in [-0.15, -0.1) is 0 Å². The standard InChI is InChI=1S/C70H76BN/c1-66(2,3)51-26-24-46(25-27-51)59-42-53(68(7,8)9)30-35-57(59)60-40-50-39-49(48-23-19-22-47(38-48)45-20-17-16-18-21-45)41-64-65(50)71(61-43-54(69(10,11)12)31-36-58(60)61)62-44-55(70(13,14)15)32-37-63(62)72(64)56-33-28-52(29-34-56)67(4,5)6/h16-39,41-44,60H,40H2,1-15H3. The predicted molar refractivity (Wildman–Crippen MR) is 314 cm³/mol. The molecule has 10 rings (SSSR count). The second kappa shape index (κ2) is 17.7. The van der Waals surface area contributed by atoms with Crippen molar-refractivity contribution in [2.24, 2.45) is 0 Å². The highest BCUT2D eigenvalue weighted by atomic mass is 15.2. The van der Waals surface area contributed by atoms with Gasteiger partial charge in [-0.3, -0.25) is 0 Å². The Morgan fingerprint density at radius 2 is 0.847 bits per heavy atom. The molecule has 0 amide bonds. The number of nitrogens with zero attached hydrogens (tertiary/aromatic N) is 1. The summed E-state index contributed by atoms with van der Waals surface area (Å²) in [7, 11) is 0. The second-order valence-electron chi connectivity index (χ2n) is 26.3. The average molecular weight is 942 g/mol. The van der Waals surface area contributed by atoms with Crippen LogP contribution in [0, 0.1) is 0 Å². The first-order valence-electron chi connectivity index (χ1n) is 26.6. The van der Waals surface area contributed by atoms with E-state index in [0.717, 1.165) is 6.42 Å². The zero-order valence-electron chi connectivity index (χ0n) is 46.0. The van der Waals surface area contributed by atoms with Gasteiger partial charge in [0.15, 0.2) is 0 Å². The Bertz CT molecular complexity index is 3320. The molecule has 0 aromatic heterocycles. The number of hydrogen-bond donors (Lipinski definition) is 0. The predicted octanol–water partition coefficient (Wildman–Crippen LogP) is 17.2. The third-order valence-electron chi connectivity index (χ3n) is 15.9. The summed E-state index contributed by atoms with van der Waals surface area (Å²) >= 11 is 0. The van der Waals surface area contributed by atoms with Crippen molar-refractivity contribution in [3.05, 3.63) is 214 Å². The van der Waals surface area contributed by atoms with Crippen molar-refractivity contribution in [3.63, 3.8) is 0 Å². The Labute approximate surface area is 433 Å². The van der Waals surface area contributed by atoms with Gasteiger partial charge in [0.05, 0.1) is 0 Å². The molecule has 0 saturated carbocycles. The molecule has 1 nitrogen and oxygen atoms in total. The summed E-state index contributed by atoms with van der Waals surface area (Å²) in [6.45, 7) is 35.1. The number of anilines is 3. The number of fused-ring (bicyclic) bond motifs is 4. The normalized spacial score (nSPS) is 14.9. The van der Waals surface area contributed by atoms with Crippen LogP contribution in [0.5, 0.6) is 0 Å². The van der Waals surface area contributed by atoms with Crippen LogP contribution in [0.2, 0.25) is 0 Å². The quantitative estimate of drug-likeness (QED) is 0.155. The summed E-state index contributed by atoms with van der Waals surface area (Å²) in [5, 5.41) is 0. The maximum Gasteiger partial charge on any atom is 0.247 e. The van der Waals surface area contributed by atoms with Crippen molar-refractivity contribution in [3.8, 4) is 33.4 Å². The molecule has 8 aromatic carbocycles. The zero-order valence-corrected chi connectivity index (χ0v) is 46.0. The highest BCUT2D eigenvalue weighted by molar-refractivity contribution is 6.98. The van der Waals surface area contributed by atoms with Crippen molar-refractivity contribution in [2.45, 2.75) is 143 Å². The first-order chi connectivity index (χ1) is 33.8. The Kier molecular flexibility index (Phi) is 12.1. The molecular weight excluding hydrogens is 866 g/mol. The monoisotopic (exact) mass is 942 g/mol. The summed E-state index contributed by atoms with van der Waals surface area (Å²) in [4.78, 5) is 2.61. The fraction of sp³-hybridized carbons (Fsp3) is 0.314. The molecule has 0 radical (unpaired) electrons. The molecule has 2 aliphatic heterocycles. The molecule has 2 heteroatoms. The lowest BCUT2D eigenvalue weighted by molar-refractivity contribution is 0.589. The van der Waals surface area contributed by atoms with Gasteiger partial charge in [0.25, 0.3) is 0 Å². The van der Waals surface area contributed by atoms with Crippen LogP contribution < -0.4 is 21.3 Å². The van der Waals surface area contributed by atoms with Crippen molar-refractivity contribution in [1.29, 1.82) is 0 Å². The van der Waals surface area contributed by atoms with E-state index in [2.05, 4.69) is 279 Å². The first-order valence-corrected chi connectivity index (χ1v) is 26.6. The second-order valence-corrected chi connectivity index (χ2v) is 26.3. The van der Waals surface area contributed by atoms with Crippen molar-refractivity contribution in [1.82, 2.24) is 0 Å². The lowest BCUT2D eigenvalue weighted by Crippen LogP contribution is -2.58. The van der Waals surface area contributed by atoms with Gasteiger partial charge in [-0.1, -0.05) is 249 Å². The molecule has 0 spiro atoms. The molecule has 0 saturated heterocycles. The smallest absolute Gasteiger partial charge is 0.247 e. The highest BCUT2D eigenvalue weighted by Crippen LogP contribution is 2.46. The van der Waals surface area contributed by atoms with Gasteiger partial charge in [0.2, 0.25) is 6.71 Å². The zero-order chi connectivity index (χ0) is 51.3. The van der Waals surface area contributed by atoms with E-state index in [9.17, 15) is 0 Å². The van der Waals surface area contributed by atoms with Crippen LogP contribution in [0.4, 0.5) is 17.1 Å². The van der Waals surface area contributed by atoms with E-state index < -0.39 is 0 Å². The van der Waals surface area contributed by atoms with Crippen molar-refractivity contribution in [2.75, 3.05) is 4.90 Å². The Morgan fingerprint density at radius 1 is 0.361 bits per heavy atom. The van der Waals surface area contributed by atoms with Crippen LogP contribution in [0.1, 0.15) is 154 Å². The lowest BCUT2D eigenvalue weighted by atomic mass is 9.33. The van der Waals surface area contributed by atoms with E-state index in [0.29, 0.717) is 0 Å². The van der Waals surface area contributed by atoms with Gasteiger partial charge in [0, 0.05) is 23.0 Å². The van der Waals surface area contributed by atoms with E-state index in [1.807, 2.05) is 0 Å². The van der Waals surface area contributed by atoms with Gasteiger partial charge in [-0.2, -0.15) is 0 Å². The van der Waals surface area contributed by atoms with Gasteiger partial charge in [0.1, 0.15) is 0 Å². The Morgan fingerprint density at radius 3 is 1.43 bits per heavy atom. The van der Waals surface area contributed by atoms with E-state index in [1.165, 1.54) is 111 Å². The summed E-state index contributed by atoms with van der Waals surface area (Å²) in [6, 6.07) is 66.6. The molecule has 1 atom stereocenters. The Balaban J connectivity index is 1.32. The maximum atomic E-state index is 2.62. The third-order valence-corrected chi connectivity index (χ3v) is 15.9. The minimum absolute atomic E-state index is 0.00719. The van der Waals surface area contributed by atoms with Crippen LogP contribution in [0.25, 0.3) is 33.4 Å². The lowest BCUT2D eigenvalue weighted by Gasteiger charge is -2.39. The molecule has 0 N–H and O–H groups in total. The molecular formula is C70H76BN. The number of rotatable bonds is 5. The molecule has 8 aromatic rings. The van der Waals surface area contributed by atoms with E-state index >= 15 is 0 Å². The fourth-order valence-electron chi connectivity index (χ4n) is 11.5. The van der Waals surface area contributed by atoms with Crippen molar-refractivity contribution < 1.29 is 0 Å². The van der Waals surface area contributed by atoms with Gasteiger partial charge >= 0.3 is 0 Å². The summed E-state index contributed by atoms with van der Waals surface area (Å²) in [5.41, 5.74) is 26.5. The summed E-state index contributed by atoms with van der Waals surface area (Å²) in [5.74, 6) is 0.0784. The molecule has 0 aliphatic carbocycles. The Hall–Kier alpha value is -6.38. The van der Waals surface area contributed by atoms with Crippen LogP contribution in [0.3, 0.4) is 0 Å². The molecule has 0 fully saturated rings. The van der Waals surface area contributed by atoms with Crippen LogP contribution in [0.15, 0.2) is 170 Å². The molecule has 72 heavy (non-hydrogen) atoms. The third kappa shape index (κ3) is 9.21. The minimum Gasteiger partial charge on any atom is -0.311 e. The summed E-state index contributed by atoms with van der Waals surface area (Å²) < 4.78 is 0. The van der Waals surface area contributed by atoms with E-state index in [4.69, 9.17) is 0 Å². The first kappa shape index (κ1) is 49.2. The van der Waals surface area contributed by atoms with Gasteiger partial charge < -0.3 is 4.90 Å². The van der Waals surface area contributed by atoms with Crippen LogP contribution in [-0.2, 0) is 33.5 Å². The van der Waals surface area contributed by atoms with Gasteiger partial charge in [-0.05, 0) is 153 Å². The number of hydrogen-bond acceptors (Lipinski definition) is 1. The fourth-order valence-corrected chi connectivity index (χ4v) is 11.5. The SMILES string of the molecule is CC(C)(C)c1ccc(-c2cc(C(C)(C)C)ccc2C2Cc3cc(-c4cccc(-c5ccccc5)c4)cc4c3B(c3cc(C(C)(C)C)ccc32)c2cc(C(C)(C)C)ccc2N4c2ccc(C(C)(C)C)cc2)cc1. The molecule has 364 valence electrons.